The van der Waals surface area contributed by atoms with Gasteiger partial charge >= 0.3 is 12.1 Å². The summed E-state index contributed by atoms with van der Waals surface area (Å²) in [6.07, 6.45) is 7.60. The van der Waals surface area contributed by atoms with Crippen molar-refractivity contribution in [3.05, 3.63) is 35.9 Å². The summed E-state index contributed by atoms with van der Waals surface area (Å²) >= 11 is 0. The summed E-state index contributed by atoms with van der Waals surface area (Å²) in [5.74, 6) is 0.804. The average molecular weight is 371 g/mol. The molecule has 1 aromatic carbocycles. The molecule has 0 aliphatic heterocycles. The fourth-order valence-electron chi connectivity index (χ4n) is 5.36. The molecule has 0 aromatic heterocycles. The Bertz CT molecular complexity index is 667. The summed E-state index contributed by atoms with van der Waals surface area (Å²) in [7, 11) is 1.44. The third-order valence-corrected chi connectivity index (χ3v) is 7.07. The summed E-state index contributed by atoms with van der Waals surface area (Å²) in [6, 6.07) is 9.71. The van der Waals surface area contributed by atoms with E-state index in [0.29, 0.717) is 0 Å². The van der Waals surface area contributed by atoms with Crippen LogP contribution in [0.4, 0.5) is 4.79 Å². The Morgan fingerprint density at radius 3 is 2.44 bits per heavy atom. The van der Waals surface area contributed by atoms with Crippen molar-refractivity contribution in [2.45, 2.75) is 57.6 Å². The quantitative estimate of drug-likeness (QED) is 0.766. The summed E-state index contributed by atoms with van der Waals surface area (Å²) in [5.41, 5.74) is 1.09. The molecular formula is C22H29NO4. The molecule has 5 nitrogen and oxygen atoms in total. The molecule has 0 unspecified atom stereocenters. The first kappa shape index (κ1) is 18.3. The molecule has 4 fully saturated rings. The van der Waals surface area contributed by atoms with Crippen LogP contribution < -0.4 is 5.32 Å². The number of ether oxygens (including phenoxy) is 2. The number of hydrogen-bond donors (Lipinski definition) is 1. The number of nitrogens with one attached hydrogen (secondary N) is 1. The van der Waals surface area contributed by atoms with Gasteiger partial charge in [0.2, 0.25) is 0 Å². The molecule has 5 heteroatoms. The Morgan fingerprint density at radius 1 is 1.15 bits per heavy atom. The molecule has 4 aliphatic rings. The number of carbonyl (C=O) groups excluding carboxylic acids is 2. The fraction of sp³-hybridized carbons (Fsp3) is 0.636. The predicted octanol–water partition coefficient (Wildman–Crippen LogP) is 4.06. The SMILES string of the molecule is COC(=O)[C@@H]1C[C@H]1[C@H](NC(=O)OCc1ccccc1)C12CCC(CC1)CC2. The molecule has 2 bridgehead atoms. The summed E-state index contributed by atoms with van der Waals surface area (Å²) in [5, 5.41) is 3.18. The number of hydrogen-bond acceptors (Lipinski definition) is 4. The Labute approximate surface area is 160 Å². The van der Waals surface area contributed by atoms with Crippen molar-refractivity contribution in [1.82, 2.24) is 5.32 Å². The zero-order valence-electron chi connectivity index (χ0n) is 16.0. The third-order valence-electron chi connectivity index (χ3n) is 7.07. The number of esters is 1. The topological polar surface area (TPSA) is 64.6 Å². The van der Waals surface area contributed by atoms with Crippen LogP contribution in [0.1, 0.15) is 50.5 Å². The van der Waals surface area contributed by atoms with Gasteiger partial charge in [-0.25, -0.2) is 4.79 Å². The standard InChI is InChI=1S/C22H29NO4/c1-26-20(24)18-13-17(18)19(22-10-7-15(8-11-22)9-12-22)23-21(25)27-14-16-5-3-2-4-6-16/h2-6,15,17-19H,7-14H2,1H3,(H,23,25)/t15?,17-,18-,19+,22?/m1/s1. The van der Waals surface area contributed by atoms with Gasteiger partial charge in [-0.2, -0.15) is 0 Å². The molecule has 1 amide bonds. The Kier molecular flexibility index (Phi) is 5.11. The van der Waals surface area contributed by atoms with Crippen LogP contribution in [0.2, 0.25) is 0 Å². The van der Waals surface area contributed by atoms with E-state index in [1.165, 1.54) is 26.4 Å². The average Bonchev–Trinajstić information content (AvgIpc) is 3.52. The van der Waals surface area contributed by atoms with Crippen molar-refractivity contribution in [1.29, 1.82) is 0 Å². The summed E-state index contributed by atoms with van der Waals surface area (Å²) in [4.78, 5) is 24.6. The van der Waals surface area contributed by atoms with Crippen LogP contribution in [0.25, 0.3) is 0 Å². The van der Waals surface area contributed by atoms with E-state index in [1.807, 2.05) is 30.3 Å². The van der Waals surface area contributed by atoms with Crippen molar-refractivity contribution in [3.8, 4) is 0 Å². The van der Waals surface area contributed by atoms with E-state index in [9.17, 15) is 9.59 Å². The molecule has 4 aliphatic carbocycles. The summed E-state index contributed by atoms with van der Waals surface area (Å²) < 4.78 is 10.4. The van der Waals surface area contributed by atoms with E-state index in [2.05, 4.69) is 5.32 Å². The van der Waals surface area contributed by atoms with Crippen molar-refractivity contribution in [3.63, 3.8) is 0 Å². The monoisotopic (exact) mass is 371 g/mol. The molecule has 5 rings (SSSR count). The highest BCUT2D eigenvalue weighted by Crippen LogP contribution is 2.58. The van der Waals surface area contributed by atoms with E-state index in [0.717, 1.165) is 37.2 Å². The van der Waals surface area contributed by atoms with Gasteiger partial charge in [0.1, 0.15) is 6.61 Å². The van der Waals surface area contributed by atoms with Crippen molar-refractivity contribution in [2.75, 3.05) is 7.11 Å². The van der Waals surface area contributed by atoms with Crippen LogP contribution in [0.3, 0.4) is 0 Å². The van der Waals surface area contributed by atoms with E-state index < -0.39 is 0 Å². The van der Waals surface area contributed by atoms with Gasteiger partial charge in [0.15, 0.2) is 0 Å². The van der Waals surface area contributed by atoms with Gasteiger partial charge in [-0.05, 0) is 67.8 Å². The van der Waals surface area contributed by atoms with Gasteiger partial charge in [0.25, 0.3) is 0 Å². The molecule has 4 saturated carbocycles. The maximum atomic E-state index is 12.6. The van der Waals surface area contributed by atoms with Crippen molar-refractivity contribution < 1.29 is 19.1 Å². The molecule has 0 radical (unpaired) electrons. The molecule has 0 saturated heterocycles. The lowest BCUT2D eigenvalue weighted by Crippen LogP contribution is -2.53. The second-order valence-corrected chi connectivity index (χ2v) is 8.56. The molecule has 1 N–H and O–H groups in total. The Morgan fingerprint density at radius 2 is 1.81 bits per heavy atom. The van der Waals surface area contributed by atoms with Gasteiger partial charge in [-0.3, -0.25) is 4.79 Å². The fourth-order valence-corrected chi connectivity index (χ4v) is 5.36. The molecular weight excluding hydrogens is 342 g/mol. The van der Waals surface area contributed by atoms with Crippen LogP contribution in [0.5, 0.6) is 0 Å². The van der Waals surface area contributed by atoms with Gasteiger partial charge in [-0.1, -0.05) is 30.3 Å². The summed E-state index contributed by atoms with van der Waals surface area (Å²) in [6.45, 7) is 0.263. The van der Waals surface area contributed by atoms with Crippen LogP contribution >= 0.6 is 0 Å². The molecule has 1 aromatic rings. The number of methoxy groups -OCH3 is 1. The number of alkyl carbamates (subject to hydrolysis) is 1. The maximum absolute atomic E-state index is 12.6. The van der Waals surface area contributed by atoms with E-state index >= 15 is 0 Å². The Hall–Kier alpha value is -2.04. The van der Waals surface area contributed by atoms with E-state index in [1.54, 1.807) is 0 Å². The number of benzene rings is 1. The molecule has 27 heavy (non-hydrogen) atoms. The maximum Gasteiger partial charge on any atom is 0.407 e. The van der Waals surface area contributed by atoms with Gasteiger partial charge in [-0.15, -0.1) is 0 Å². The minimum atomic E-state index is -0.374. The van der Waals surface area contributed by atoms with Gasteiger partial charge in [0, 0.05) is 6.04 Å². The number of fused-ring (bicyclic) bond motifs is 3. The lowest BCUT2D eigenvalue weighted by molar-refractivity contribution is -0.142. The first-order chi connectivity index (χ1) is 13.1. The second kappa shape index (κ2) is 7.53. The molecule has 146 valence electrons. The minimum absolute atomic E-state index is 0.00567. The van der Waals surface area contributed by atoms with Gasteiger partial charge in [0.05, 0.1) is 13.0 Å². The van der Waals surface area contributed by atoms with Crippen LogP contribution in [-0.2, 0) is 20.9 Å². The van der Waals surface area contributed by atoms with Gasteiger partial charge < -0.3 is 14.8 Å². The van der Waals surface area contributed by atoms with Crippen LogP contribution in [-0.4, -0.2) is 25.2 Å². The second-order valence-electron chi connectivity index (χ2n) is 8.56. The van der Waals surface area contributed by atoms with Crippen molar-refractivity contribution in [2.24, 2.45) is 23.2 Å². The first-order valence-electron chi connectivity index (χ1n) is 10.2. The molecule has 0 heterocycles. The smallest absolute Gasteiger partial charge is 0.407 e. The van der Waals surface area contributed by atoms with Crippen LogP contribution in [0, 0.1) is 23.2 Å². The first-order valence-corrected chi connectivity index (χ1v) is 10.2. The van der Waals surface area contributed by atoms with Crippen molar-refractivity contribution >= 4 is 12.1 Å². The van der Waals surface area contributed by atoms with E-state index in [-0.39, 0.29) is 42.0 Å². The normalized spacial score (nSPS) is 32.4. The highest BCUT2D eigenvalue weighted by atomic mass is 16.5. The third kappa shape index (κ3) is 3.83. The Balaban J connectivity index is 1.43. The zero-order valence-corrected chi connectivity index (χ0v) is 16.0. The molecule has 3 atom stereocenters. The molecule has 0 spiro atoms. The lowest BCUT2D eigenvalue weighted by atomic mass is 9.56. The van der Waals surface area contributed by atoms with Crippen LogP contribution in [0.15, 0.2) is 30.3 Å². The largest absolute Gasteiger partial charge is 0.469 e. The predicted molar refractivity (Wildman–Crippen MR) is 101 cm³/mol. The highest BCUT2D eigenvalue weighted by Gasteiger charge is 2.57. The number of amides is 1. The zero-order chi connectivity index (χ0) is 18.9. The highest BCUT2D eigenvalue weighted by molar-refractivity contribution is 5.76. The number of carbonyl (C=O) groups is 2. The number of rotatable bonds is 6. The van der Waals surface area contributed by atoms with E-state index in [4.69, 9.17) is 9.47 Å². The lowest BCUT2D eigenvalue weighted by Gasteiger charge is -2.51. The minimum Gasteiger partial charge on any atom is -0.469 e.